The molecule has 1 aliphatic carbocycles. The third-order valence-corrected chi connectivity index (χ3v) is 4.74. The Morgan fingerprint density at radius 3 is 2.85 bits per heavy atom. The largest absolute Gasteiger partial charge is 0.762 e. The third kappa shape index (κ3) is 3.99. The maximum Gasteiger partial charge on any atom is 0.150 e. The van der Waals surface area contributed by atoms with Crippen molar-refractivity contribution in [1.29, 1.82) is 0 Å². The van der Waals surface area contributed by atoms with Crippen LogP contribution in [-0.4, -0.2) is 46.4 Å². The molecule has 1 aliphatic heterocycles. The fourth-order valence-electron chi connectivity index (χ4n) is 3.43. The van der Waals surface area contributed by atoms with E-state index in [0.717, 1.165) is 32.2 Å². The van der Waals surface area contributed by atoms with Crippen LogP contribution in [0.25, 0.3) is 0 Å². The van der Waals surface area contributed by atoms with Crippen LogP contribution in [0.15, 0.2) is 0 Å². The Morgan fingerprint density at radius 1 is 1.40 bits per heavy atom. The van der Waals surface area contributed by atoms with Gasteiger partial charge in [0.05, 0.1) is 12.7 Å². The minimum absolute atomic E-state index is 0.0220. The maximum absolute atomic E-state index is 12.4. The molecule has 2 rings (SSSR count). The number of likely N-dealkylation sites (tertiary alicyclic amines) is 1. The molecule has 2 aliphatic rings. The second-order valence-electron chi connectivity index (χ2n) is 6.47. The molecule has 0 aromatic heterocycles. The van der Waals surface area contributed by atoms with Gasteiger partial charge in [0.2, 0.25) is 0 Å². The predicted octanol–water partition coefficient (Wildman–Crippen LogP) is 1.32. The summed E-state index contributed by atoms with van der Waals surface area (Å²) >= 11 is 0. The topological polar surface area (TPSA) is 92.9 Å². The number of hydroxylamine groups is 2. The quantitative estimate of drug-likeness (QED) is 0.756. The number of nitrogens with two attached hydrogens (primary N) is 1. The van der Waals surface area contributed by atoms with Crippen molar-refractivity contribution in [1.82, 2.24) is 10.1 Å². The lowest BCUT2D eigenvalue weighted by molar-refractivity contribution is -0.130. The molecule has 0 bridgehead atoms. The van der Waals surface area contributed by atoms with Crippen LogP contribution in [0.5, 0.6) is 0 Å². The van der Waals surface area contributed by atoms with Crippen LogP contribution in [0.3, 0.4) is 0 Å². The first-order chi connectivity index (χ1) is 9.47. The molecule has 20 heavy (non-hydrogen) atoms. The molecule has 4 atom stereocenters. The minimum atomic E-state index is -0.424. The first kappa shape index (κ1) is 15.9. The Bertz CT molecular complexity index is 338. The van der Waals surface area contributed by atoms with E-state index in [4.69, 9.17) is 10.9 Å². The number of Topliss-reactive ketones (excluding diaryl/α,β-unsaturated/α-hetero) is 1. The van der Waals surface area contributed by atoms with E-state index in [0.29, 0.717) is 25.3 Å². The summed E-state index contributed by atoms with van der Waals surface area (Å²) in [6, 6.07) is -0.424. The molecule has 0 aromatic carbocycles. The number of ketones is 1. The molecule has 2 fully saturated rings. The Kier molecular flexibility index (Phi) is 5.51. The SMILES string of the molecule is CC1CCC(N)N(CC(=O)C2CCCC(N([O-])O)C2)C1. The number of carbonyl (C=O) groups excluding carboxylic acids is 1. The van der Waals surface area contributed by atoms with E-state index in [1.54, 1.807) is 0 Å². The van der Waals surface area contributed by atoms with Gasteiger partial charge in [-0.1, -0.05) is 13.3 Å². The number of rotatable bonds is 4. The van der Waals surface area contributed by atoms with Crippen molar-refractivity contribution in [3.8, 4) is 0 Å². The normalized spacial score (nSPS) is 36.2. The molecule has 0 spiro atoms. The van der Waals surface area contributed by atoms with Gasteiger partial charge in [0.15, 0.2) is 0 Å². The lowest BCUT2D eigenvalue weighted by Gasteiger charge is -2.39. The fourth-order valence-corrected chi connectivity index (χ4v) is 3.43. The van der Waals surface area contributed by atoms with E-state index < -0.39 is 6.04 Å². The van der Waals surface area contributed by atoms with Gasteiger partial charge in [-0.05, 0) is 38.0 Å². The van der Waals surface area contributed by atoms with Gasteiger partial charge in [0.1, 0.15) is 5.78 Å². The van der Waals surface area contributed by atoms with Gasteiger partial charge in [-0.15, -0.1) is 0 Å². The van der Waals surface area contributed by atoms with Crippen molar-refractivity contribution in [3.63, 3.8) is 0 Å². The average Bonchev–Trinajstić information content (AvgIpc) is 2.43. The van der Waals surface area contributed by atoms with Crippen LogP contribution < -0.4 is 5.73 Å². The van der Waals surface area contributed by atoms with Crippen LogP contribution in [0.1, 0.15) is 45.4 Å². The smallest absolute Gasteiger partial charge is 0.150 e. The summed E-state index contributed by atoms with van der Waals surface area (Å²) < 4.78 is 0. The lowest BCUT2D eigenvalue weighted by Crippen LogP contribution is -2.51. The Labute approximate surface area is 120 Å². The van der Waals surface area contributed by atoms with E-state index in [-0.39, 0.29) is 23.1 Å². The molecule has 1 heterocycles. The minimum Gasteiger partial charge on any atom is -0.762 e. The maximum atomic E-state index is 12.4. The standard InChI is InChI=1S/C14H26N3O3/c1-10-5-6-14(15)16(8-10)9-13(18)11-3-2-4-12(7-11)17(19)20/h10-12,14,19H,2-9,15H2,1H3/q-1. The number of hydrogen-bond donors (Lipinski definition) is 2. The van der Waals surface area contributed by atoms with Crippen molar-refractivity contribution in [2.24, 2.45) is 17.6 Å². The number of nitrogens with zero attached hydrogens (tertiary/aromatic N) is 2. The highest BCUT2D eigenvalue weighted by atomic mass is 16.8. The number of hydrogen-bond acceptors (Lipinski definition) is 6. The van der Waals surface area contributed by atoms with Gasteiger partial charge in [-0.25, -0.2) is 0 Å². The second-order valence-corrected chi connectivity index (χ2v) is 6.47. The summed E-state index contributed by atoms with van der Waals surface area (Å²) in [5.41, 5.74) is 6.07. The molecule has 0 aromatic rings. The third-order valence-electron chi connectivity index (χ3n) is 4.74. The first-order valence-electron chi connectivity index (χ1n) is 7.65. The number of carbonyl (C=O) groups is 1. The van der Waals surface area contributed by atoms with Gasteiger partial charge in [0, 0.05) is 18.5 Å². The van der Waals surface area contributed by atoms with Crippen molar-refractivity contribution >= 4 is 5.78 Å². The van der Waals surface area contributed by atoms with Gasteiger partial charge < -0.3 is 16.1 Å². The molecule has 0 radical (unpaired) electrons. The lowest BCUT2D eigenvalue weighted by atomic mass is 9.83. The Morgan fingerprint density at radius 2 is 2.15 bits per heavy atom. The van der Waals surface area contributed by atoms with Crippen molar-refractivity contribution < 1.29 is 10.0 Å². The summed E-state index contributed by atoms with van der Waals surface area (Å²) in [6.07, 6.45) is 4.81. The molecule has 1 saturated carbocycles. The molecule has 1 saturated heterocycles. The highest BCUT2D eigenvalue weighted by Crippen LogP contribution is 2.28. The highest BCUT2D eigenvalue weighted by Gasteiger charge is 2.31. The van der Waals surface area contributed by atoms with E-state index in [1.807, 2.05) is 0 Å². The van der Waals surface area contributed by atoms with Gasteiger partial charge >= 0.3 is 0 Å². The van der Waals surface area contributed by atoms with Crippen LogP contribution in [0.4, 0.5) is 0 Å². The predicted molar refractivity (Wildman–Crippen MR) is 75.7 cm³/mol. The average molecular weight is 284 g/mol. The molecular formula is C14H26N3O3-. The zero-order valence-corrected chi connectivity index (χ0v) is 12.2. The molecule has 6 heteroatoms. The fraction of sp³-hybridized carbons (Fsp3) is 0.929. The van der Waals surface area contributed by atoms with Gasteiger partial charge in [-0.2, -0.15) is 0 Å². The van der Waals surface area contributed by atoms with E-state index in [9.17, 15) is 10.0 Å². The Hall–Kier alpha value is -0.530. The summed E-state index contributed by atoms with van der Waals surface area (Å²) in [6.45, 7) is 3.44. The van der Waals surface area contributed by atoms with E-state index in [1.165, 1.54) is 0 Å². The second kappa shape index (κ2) is 6.95. The number of piperidine rings is 1. The molecule has 6 nitrogen and oxygen atoms in total. The zero-order valence-electron chi connectivity index (χ0n) is 12.2. The molecule has 0 amide bonds. The summed E-state index contributed by atoms with van der Waals surface area (Å²) in [5.74, 6) is 0.638. The molecule has 4 unspecified atom stereocenters. The zero-order chi connectivity index (χ0) is 14.7. The summed E-state index contributed by atoms with van der Waals surface area (Å²) in [5, 5.41) is 20.0. The molecule has 3 N–H and O–H groups in total. The van der Waals surface area contributed by atoms with E-state index in [2.05, 4.69) is 11.8 Å². The van der Waals surface area contributed by atoms with Crippen molar-refractivity contribution in [2.45, 2.75) is 57.7 Å². The van der Waals surface area contributed by atoms with E-state index >= 15 is 0 Å². The summed E-state index contributed by atoms with van der Waals surface area (Å²) in [7, 11) is 0. The van der Waals surface area contributed by atoms with Gasteiger partial charge in [-0.3, -0.25) is 14.9 Å². The van der Waals surface area contributed by atoms with Crippen molar-refractivity contribution in [2.75, 3.05) is 13.1 Å². The first-order valence-corrected chi connectivity index (χ1v) is 7.65. The summed E-state index contributed by atoms with van der Waals surface area (Å²) in [4.78, 5) is 14.5. The van der Waals surface area contributed by atoms with Crippen LogP contribution in [0.2, 0.25) is 0 Å². The Balaban J connectivity index is 1.87. The molecular weight excluding hydrogens is 258 g/mol. The highest BCUT2D eigenvalue weighted by molar-refractivity contribution is 5.83. The van der Waals surface area contributed by atoms with Crippen LogP contribution >= 0.6 is 0 Å². The van der Waals surface area contributed by atoms with Crippen LogP contribution in [-0.2, 0) is 4.79 Å². The van der Waals surface area contributed by atoms with Crippen molar-refractivity contribution in [3.05, 3.63) is 5.21 Å². The van der Waals surface area contributed by atoms with Gasteiger partial charge in [0.25, 0.3) is 0 Å². The monoisotopic (exact) mass is 284 g/mol. The molecule has 116 valence electrons. The van der Waals surface area contributed by atoms with Crippen LogP contribution in [0, 0.1) is 17.0 Å².